The lowest BCUT2D eigenvalue weighted by molar-refractivity contribution is 0.417. The molecule has 0 radical (unpaired) electrons. The first-order valence-corrected chi connectivity index (χ1v) is 6.24. The van der Waals surface area contributed by atoms with Crippen molar-refractivity contribution in [2.75, 3.05) is 12.8 Å². The second kappa shape index (κ2) is 3.94. The number of tetrazole rings is 1. The topological polar surface area (TPSA) is 78.9 Å². The molecule has 2 aromatic rings. The molecule has 1 heterocycles. The van der Waals surface area contributed by atoms with Crippen molar-refractivity contribution < 1.29 is 4.74 Å². The zero-order valence-corrected chi connectivity index (χ0v) is 11.3. The number of aromatic nitrogens is 4. The Bertz CT molecular complexity index is 619. The first kappa shape index (κ1) is 12.0. The molecular formula is C13H17N5O. The Morgan fingerprint density at radius 1 is 1.42 bits per heavy atom. The summed E-state index contributed by atoms with van der Waals surface area (Å²) >= 11 is 0. The third-order valence-corrected chi connectivity index (χ3v) is 3.74. The van der Waals surface area contributed by atoms with Crippen LogP contribution in [-0.4, -0.2) is 27.3 Å². The Morgan fingerprint density at radius 2 is 2.16 bits per heavy atom. The smallest absolute Gasteiger partial charge is 0.182 e. The summed E-state index contributed by atoms with van der Waals surface area (Å²) in [6, 6.07) is 5.96. The maximum absolute atomic E-state index is 5.93. The monoisotopic (exact) mass is 259 g/mol. The molecule has 1 aliphatic carbocycles. The Kier molecular flexibility index (Phi) is 2.48. The molecule has 6 nitrogen and oxygen atoms in total. The van der Waals surface area contributed by atoms with Gasteiger partial charge in [0.05, 0.1) is 18.8 Å². The summed E-state index contributed by atoms with van der Waals surface area (Å²) in [5.74, 6) is 1.42. The molecule has 2 N–H and O–H groups in total. The van der Waals surface area contributed by atoms with E-state index in [2.05, 4.69) is 29.4 Å². The van der Waals surface area contributed by atoms with Gasteiger partial charge in [-0.05, 0) is 40.5 Å². The van der Waals surface area contributed by atoms with E-state index < -0.39 is 0 Å². The minimum atomic E-state index is 0.266. The van der Waals surface area contributed by atoms with Crippen LogP contribution in [0.2, 0.25) is 0 Å². The number of hydrogen-bond acceptors (Lipinski definition) is 5. The predicted molar refractivity (Wildman–Crippen MR) is 71.7 cm³/mol. The summed E-state index contributed by atoms with van der Waals surface area (Å²) in [5, 5.41) is 12.0. The number of hydrogen-bond donors (Lipinski definition) is 1. The van der Waals surface area contributed by atoms with E-state index in [9.17, 15) is 0 Å². The zero-order chi connectivity index (χ0) is 13.6. The lowest BCUT2D eigenvalue weighted by Gasteiger charge is -2.08. The maximum Gasteiger partial charge on any atom is 0.182 e. The van der Waals surface area contributed by atoms with Gasteiger partial charge in [0.1, 0.15) is 5.75 Å². The van der Waals surface area contributed by atoms with Gasteiger partial charge in [-0.3, -0.25) is 0 Å². The molecule has 1 aromatic carbocycles. The van der Waals surface area contributed by atoms with Crippen LogP contribution in [0.1, 0.15) is 26.3 Å². The van der Waals surface area contributed by atoms with Crippen molar-refractivity contribution in [3.8, 4) is 17.1 Å². The number of nitrogens with zero attached hydrogens (tertiary/aromatic N) is 4. The molecule has 1 saturated carbocycles. The van der Waals surface area contributed by atoms with Gasteiger partial charge < -0.3 is 10.5 Å². The van der Waals surface area contributed by atoms with Crippen LogP contribution in [0.5, 0.6) is 5.75 Å². The molecule has 1 unspecified atom stereocenters. The summed E-state index contributed by atoms with van der Waals surface area (Å²) in [6.07, 6.45) is 1.09. The Balaban J connectivity index is 1.99. The molecule has 0 bridgehead atoms. The van der Waals surface area contributed by atoms with Crippen molar-refractivity contribution in [1.29, 1.82) is 0 Å². The summed E-state index contributed by atoms with van der Waals surface area (Å²) in [7, 11) is 1.60. The van der Waals surface area contributed by atoms with Crippen molar-refractivity contribution in [1.82, 2.24) is 20.2 Å². The lowest BCUT2D eigenvalue weighted by atomic mass is 10.1. The van der Waals surface area contributed by atoms with E-state index in [1.807, 2.05) is 22.9 Å². The number of nitrogens with two attached hydrogens (primary N) is 1. The molecule has 3 rings (SSSR count). The van der Waals surface area contributed by atoms with Gasteiger partial charge in [0.25, 0.3) is 0 Å². The largest absolute Gasteiger partial charge is 0.495 e. The van der Waals surface area contributed by atoms with Crippen molar-refractivity contribution >= 4 is 5.69 Å². The van der Waals surface area contributed by atoms with E-state index in [1.165, 1.54) is 0 Å². The van der Waals surface area contributed by atoms with Gasteiger partial charge in [-0.1, -0.05) is 13.8 Å². The first-order valence-electron chi connectivity index (χ1n) is 6.24. The molecule has 0 spiro atoms. The fourth-order valence-electron chi connectivity index (χ4n) is 2.32. The number of methoxy groups -OCH3 is 1. The SMILES string of the molecule is COc1ccc(-c2nnnn2C2CC2(C)C)cc1N. The van der Waals surface area contributed by atoms with Crippen molar-refractivity contribution in [3.05, 3.63) is 18.2 Å². The van der Waals surface area contributed by atoms with Crippen LogP contribution in [0, 0.1) is 5.41 Å². The van der Waals surface area contributed by atoms with Gasteiger partial charge in [-0.15, -0.1) is 5.10 Å². The van der Waals surface area contributed by atoms with E-state index in [0.29, 0.717) is 17.5 Å². The van der Waals surface area contributed by atoms with E-state index in [4.69, 9.17) is 10.5 Å². The highest BCUT2D eigenvalue weighted by Crippen LogP contribution is 2.55. The molecule has 0 saturated heterocycles. The predicted octanol–water partition coefficient (Wildman–Crippen LogP) is 1.90. The van der Waals surface area contributed by atoms with Gasteiger partial charge in [-0.2, -0.15) is 0 Å². The van der Waals surface area contributed by atoms with Gasteiger partial charge >= 0.3 is 0 Å². The van der Waals surface area contributed by atoms with Gasteiger partial charge in [0.15, 0.2) is 5.82 Å². The molecule has 0 amide bonds. The second-order valence-electron chi connectivity index (χ2n) is 5.61. The summed E-state index contributed by atoms with van der Waals surface area (Å²) < 4.78 is 7.05. The highest BCUT2D eigenvalue weighted by atomic mass is 16.5. The Hall–Kier alpha value is -2.11. The number of anilines is 1. The van der Waals surface area contributed by atoms with Crippen molar-refractivity contribution in [3.63, 3.8) is 0 Å². The van der Waals surface area contributed by atoms with Crippen LogP contribution in [-0.2, 0) is 0 Å². The van der Waals surface area contributed by atoms with Gasteiger partial charge in [-0.25, -0.2) is 4.68 Å². The lowest BCUT2D eigenvalue weighted by Crippen LogP contribution is -2.05. The van der Waals surface area contributed by atoms with Crippen LogP contribution in [0.4, 0.5) is 5.69 Å². The van der Waals surface area contributed by atoms with Crippen LogP contribution in [0.3, 0.4) is 0 Å². The van der Waals surface area contributed by atoms with Gasteiger partial charge in [0.2, 0.25) is 0 Å². The third-order valence-electron chi connectivity index (χ3n) is 3.74. The third kappa shape index (κ3) is 1.93. The van der Waals surface area contributed by atoms with Crippen molar-refractivity contribution in [2.24, 2.45) is 5.41 Å². The van der Waals surface area contributed by atoms with Crippen LogP contribution < -0.4 is 10.5 Å². The standard InChI is InChI=1S/C13H17N5O/c1-13(2)7-11(13)18-12(15-16-17-18)8-4-5-10(19-3)9(14)6-8/h4-6,11H,7,14H2,1-3H3. The minimum absolute atomic E-state index is 0.266. The number of benzene rings is 1. The molecule has 1 aromatic heterocycles. The summed E-state index contributed by atoms with van der Waals surface area (Å²) in [6.45, 7) is 4.43. The number of rotatable bonds is 3. The molecule has 0 aliphatic heterocycles. The highest BCUT2D eigenvalue weighted by Gasteiger charge is 2.49. The fraction of sp³-hybridized carbons (Fsp3) is 0.462. The first-order chi connectivity index (χ1) is 9.03. The molecule has 1 fully saturated rings. The summed E-state index contributed by atoms with van der Waals surface area (Å²) in [5.41, 5.74) is 7.69. The van der Waals surface area contributed by atoms with E-state index >= 15 is 0 Å². The zero-order valence-electron chi connectivity index (χ0n) is 11.3. The molecule has 6 heteroatoms. The van der Waals surface area contributed by atoms with Gasteiger partial charge in [0, 0.05) is 5.56 Å². The summed E-state index contributed by atoms with van der Waals surface area (Å²) in [4.78, 5) is 0. The number of ether oxygens (including phenoxy) is 1. The average molecular weight is 259 g/mol. The molecular weight excluding hydrogens is 242 g/mol. The average Bonchev–Trinajstić information content (AvgIpc) is 2.81. The van der Waals surface area contributed by atoms with E-state index in [0.717, 1.165) is 17.8 Å². The van der Waals surface area contributed by atoms with E-state index in [-0.39, 0.29) is 5.41 Å². The molecule has 1 aliphatic rings. The van der Waals surface area contributed by atoms with E-state index in [1.54, 1.807) is 7.11 Å². The maximum atomic E-state index is 5.93. The Morgan fingerprint density at radius 3 is 2.74 bits per heavy atom. The van der Waals surface area contributed by atoms with Crippen LogP contribution in [0.25, 0.3) is 11.4 Å². The van der Waals surface area contributed by atoms with Crippen LogP contribution in [0.15, 0.2) is 18.2 Å². The second-order valence-corrected chi connectivity index (χ2v) is 5.61. The van der Waals surface area contributed by atoms with Crippen LogP contribution >= 0.6 is 0 Å². The number of nitrogen functional groups attached to an aromatic ring is 1. The molecule has 100 valence electrons. The highest BCUT2D eigenvalue weighted by molar-refractivity contribution is 5.66. The quantitative estimate of drug-likeness (QED) is 0.852. The van der Waals surface area contributed by atoms with Crippen molar-refractivity contribution in [2.45, 2.75) is 26.3 Å². The normalized spacial score (nSPS) is 20.3. The molecule has 1 atom stereocenters. The minimum Gasteiger partial charge on any atom is -0.495 e. The Labute approximate surface area is 111 Å². The fourth-order valence-corrected chi connectivity index (χ4v) is 2.32. The molecule has 19 heavy (non-hydrogen) atoms.